The molecule has 0 aromatic heterocycles. The maximum atomic E-state index is 3.93. The third-order valence-electron chi connectivity index (χ3n) is 2.80. The van der Waals surface area contributed by atoms with Crippen LogP contribution in [0.1, 0.15) is 26.7 Å². The van der Waals surface area contributed by atoms with Crippen molar-refractivity contribution in [1.82, 2.24) is 4.90 Å². The predicted octanol–water partition coefficient (Wildman–Crippen LogP) is 2.19. The average molecular weight is 154 g/mol. The van der Waals surface area contributed by atoms with Crippen molar-refractivity contribution in [2.75, 3.05) is 19.6 Å². The van der Waals surface area contributed by atoms with Gasteiger partial charge in [-0.2, -0.15) is 0 Å². The largest absolute Gasteiger partial charge is 0.303 e. The van der Waals surface area contributed by atoms with E-state index < -0.39 is 0 Å². The molecule has 1 atom stereocenters. The van der Waals surface area contributed by atoms with E-state index in [9.17, 15) is 0 Å². The van der Waals surface area contributed by atoms with Crippen molar-refractivity contribution in [3.05, 3.63) is 6.92 Å². The van der Waals surface area contributed by atoms with Crippen molar-refractivity contribution in [2.24, 2.45) is 11.8 Å². The summed E-state index contributed by atoms with van der Waals surface area (Å²) in [6, 6.07) is 0. The van der Waals surface area contributed by atoms with E-state index in [4.69, 9.17) is 0 Å². The van der Waals surface area contributed by atoms with Crippen molar-refractivity contribution in [3.8, 4) is 0 Å². The molecule has 1 unspecified atom stereocenters. The summed E-state index contributed by atoms with van der Waals surface area (Å²) in [4.78, 5) is 2.47. The van der Waals surface area contributed by atoms with E-state index >= 15 is 0 Å². The van der Waals surface area contributed by atoms with Crippen LogP contribution in [-0.2, 0) is 0 Å². The Balaban J connectivity index is 2.33. The van der Waals surface area contributed by atoms with E-state index in [2.05, 4.69) is 25.7 Å². The summed E-state index contributed by atoms with van der Waals surface area (Å²) in [5.41, 5.74) is 0. The first-order valence-corrected chi connectivity index (χ1v) is 4.75. The lowest BCUT2D eigenvalue weighted by molar-refractivity contribution is 0.158. The van der Waals surface area contributed by atoms with Crippen molar-refractivity contribution in [2.45, 2.75) is 26.7 Å². The van der Waals surface area contributed by atoms with Crippen LogP contribution in [0.2, 0.25) is 0 Å². The molecule has 0 spiro atoms. The van der Waals surface area contributed by atoms with Crippen LogP contribution in [0.15, 0.2) is 0 Å². The SMILES string of the molecule is [CH2]CN1CCCC(C(C)C)C1. The number of rotatable bonds is 2. The Labute approximate surface area is 70.8 Å². The summed E-state index contributed by atoms with van der Waals surface area (Å²) in [7, 11) is 0. The summed E-state index contributed by atoms with van der Waals surface area (Å²) >= 11 is 0. The van der Waals surface area contributed by atoms with Crippen LogP contribution in [0.5, 0.6) is 0 Å². The highest BCUT2D eigenvalue weighted by atomic mass is 15.1. The van der Waals surface area contributed by atoms with Gasteiger partial charge in [-0.1, -0.05) is 13.8 Å². The third kappa shape index (κ3) is 2.48. The molecule has 0 N–H and O–H groups in total. The molecule has 0 bridgehead atoms. The minimum absolute atomic E-state index is 0.851. The van der Waals surface area contributed by atoms with Crippen molar-refractivity contribution >= 4 is 0 Å². The van der Waals surface area contributed by atoms with Gasteiger partial charge in [0, 0.05) is 6.54 Å². The van der Waals surface area contributed by atoms with Crippen molar-refractivity contribution in [3.63, 3.8) is 0 Å². The maximum Gasteiger partial charge on any atom is 0.00121 e. The van der Waals surface area contributed by atoms with Gasteiger partial charge in [-0.3, -0.25) is 0 Å². The zero-order valence-electron chi connectivity index (χ0n) is 7.84. The third-order valence-corrected chi connectivity index (χ3v) is 2.80. The molecule has 65 valence electrons. The molecule has 0 aromatic rings. The molecule has 1 heteroatoms. The Bertz CT molecular complexity index is 109. The highest BCUT2D eigenvalue weighted by Crippen LogP contribution is 2.22. The number of likely N-dealkylation sites (tertiary alicyclic amines) is 1. The summed E-state index contributed by atoms with van der Waals surface area (Å²) in [5, 5.41) is 0. The summed E-state index contributed by atoms with van der Waals surface area (Å²) < 4.78 is 0. The van der Waals surface area contributed by atoms with Gasteiger partial charge in [0.05, 0.1) is 0 Å². The van der Waals surface area contributed by atoms with E-state index in [1.807, 2.05) is 0 Å². The molecular formula is C10H20N. The molecule has 1 aliphatic heterocycles. The molecule has 1 saturated heterocycles. The standard InChI is InChI=1S/C10H20N/c1-4-11-7-5-6-10(8-11)9(2)3/h9-10H,1,4-8H2,2-3H3. The fourth-order valence-corrected chi connectivity index (χ4v) is 1.84. The first-order chi connectivity index (χ1) is 5.24. The Morgan fingerprint density at radius 1 is 1.55 bits per heavy atom. The normalized spacial score (nSPS) is 27.8. The highest BCUT2D eigenvalue weighted by Gasteiger charge is 2.20. The molecule has 0 amide bonds. The molecule has 1 radical (unpaired) electrons. The fraction of sp³-hybridized carbons (Fsp3) is 0.900. The zero-order valence-corrected chi connectivity index (χ0v) is 7.84. The van der Waals surface area contributed by atoms with E-state index in [1.54, 1.807) is 0 Å². The van der Waals surface area contributed by atoms with Gasteiger partial charge in [0.2, 0.25) is 0 Å². The van der Waals surface area contributed by atoms with Gasteiger partial charge in [0.25, 0.3) is 0 Å². The molecule has 1 fully saturated rings. The highest BCUT2D eigenvalue weighted by molar-refractivity contribution is 4.75. The first-order valence-electron chi connectivity index (χ1n) is 4.75. The Kier molecular flexibility index (Phi) is 3.38. The fourth-order valence-electron chi connectivity index (χ4n) is 1.84. The molecule has 0 aliphatic carbocycles. The second kappa shape index (κ2) is 4.10. The number of nitrogens with zero attached hydrogens (tertiary/aromatic N) is 1. The summed E-state index contributed by atoms with van der Waals surface area (Å²) in [6.45, 7) is 12.1. The first kappa shape index (κ1) is 9.05. The van der Waals surface area contributed by atoms with E-state index in [1.165, 1.54) is 25.9 Å². The quantitative estimate of drug-likeness (QED) is 0.589. The van der Waals surface area contributed by atoms with Crippen LogP contribution in [0.3, 0.4) is 0 Å². The summed E-state index contributed by atoms with van der Waals surface area (Å²) in [6.07, 6.45) is 2.80. The Morgan fingerprint density at radius 2 is 2.27 bits per heavy atom. The van der Waals surface area contributed by atoms with Crippen LogP contribution >= 0.6 is 0 Å². The van der Waals surface area contributed by atoms with Crippen molar-refractivity contribution < 1.29 is 0 Å². The molecule has 1 heterocycles. The Morgan fingerprint density at radius 3 is 2.82 bits per heavy atom. The molecule has 0 aromatic carbocycles. The zero-order chi connectivity index (χ0) is 8.27. The van der Waals surface area contributed by atoms with Gasteiger partial charge in [-0.05, 0) is 44.7 Å². The number of hydrogen-bond donors (Lipinski definition) is 0. The molecule has 1 rings (SSSR count). The van der Waals surface area contributed by atoms with E-state index in [-0.39, 0.29) is 0 Å². The molecular weight excluding hydrogens is 134 g/mol. The van der Waals surface area contributed by atoms with E-state index in [0.29, 0.717) is 0 Å². The Hall–Kier alpha value is -0.0400. The average Bonchev–Trinajstić information content (AvgIpc) is 2.05. The molecule has 1 aliphatic rings. The van der Waals surface area contributed by atoms with Crippen LogP contribution in [0.4, 0.5) is 0 Å². The smallest absolute Gasteiger partial charge is 0.00121 e. The summed E-state index contributed by atoms with van der Waals surface area (Å²) in [5.74, 6) is 1.77. The lowest BCUT2D eigenvalue weighted by Crippen LogP contribution is -2.37. The minimum Gasteiger partial charge on any atom is -0.303 e. The number of piperidine rings is 1. The topological polar surface area (TPSA) is 3.24 Å². The second-order valence-electron chi connectivity index (χ2n) is 3.95. The predicted molar refractivity (Wildman–Crippen MR) is 49.4 cm³/mol. The van der Waals surface area contributed by atoms with E-state index in [0.717, 1.165) is 18.4 Å². The van der Waals surface area contributed by atoms with Gasteiger partial charge >= 0.3 is 0 Å². The molecule has 11 heavy (non-hydrogen) atoms. The number of hydrogen-bond acceptors (Lipinski definition) is 1. The monoisotopic (exact) mass is 154 g/mol. The lowest BCUT2D eigenvalue weighted by atomic mass is 9.88. The van der Waals surface area contributed by atoms with Crippen LogP contribution in [0, 0.1) is 18.8 Å². The van der Waals surface area contributed by atoms with Crippen LogP contribution in [-0.4, -0.2) is 24.5 Å². The van der Waals surface area contributed by atoms with Gasteiger partial charge in [-0.15, -0.1) is 0 Å². The van der Waals surface area contributed by atoms with Gasteiger partial charge in [0.1, 0.15) is 0 Å². The van der Waals surface area contributed by atoms with Crippen molar-refractivity contribution in [1.29, 1.82) is 0 Å². The molecule has 1 nitrogen and oxygen atoms in total. The van der Waals surface area contributed by atoms with Gasteiger partial charge < -0.3 is 4.90 Å². The van der Waals surface area contributed by atoms with Gasteiger partial charge in [0.15, 0.2) is 0 Å². The maximum absolute atomic E-state index is 3.93. The van der Waals surface area contributed by atoms with Crippen LogP contribution in [0.25, 0.3) is 0 Å². The van der Waals surface area contributed by atoms with Crippen LogP contribution < -0.4 is 0 Å². The minimum atomic E-state index is 0.851. The molecule has 0 saturated carbocycles. The van der Waals surface area contributed by atoms with Gasteiger partial charge in [-0.25, -0.2) is 0 Å². The second-order valence-corrected chi connectivity index (χ2v) is 3.95. The lowest BCUT2D eigenvalue weighted by Gasteiger charge is -2.33.